The van der Waals surface area contributed by atoms with E-state index in [2.05, 4.69) is 19.1 Å². The van der Waals surface area contributed by atoms with Crippen LogP contribution < -0.4 is 5.73 Å². The number of hydrogen-bond donors (Lipinski definition) is 1. The maximum absolute atomic E-state index is 12.7. The standard InChI is InChI=1S/C17H22N2OS/c1-4-13-14(17(20)19(5-2)6-3)16(18)21-15(13)12-10-8-7-9-11-12/h7-11H,4-6,18H2,1-3H3. The number of nitrogens with two attached hydrogens (primary N) is 1. The molecular formula is C17H22N2OS. The van der Waals surface area contributed by atoms with Crippen molar-refractivity contribution in [2.75, 3.05) is 18.8 Å². The molecule has 0 bridgehead atoms. The third-order valence-electron chi connectivity index (χ3n) is 3.69. The van der Waals surface area contributed by atoms with Gasteiger partial charge in [-0.2, -0.15) is 0 Å². The van der Waals surface area contributed by atoms with Gasteiger partial charge in [0.05, 0.1) is 10.6 Å². The van der Waals surface area contributed by atoms with Gasteiger partial charge in [0.15, 0.2) is 0 Å². The monoisotopic (exact) mass is 302 g/mol. The lowest BCUT2D eigenvalue weighted by Crippen LogP contribution is -2.31. The molecule has 0 radical (unpaired) electrons. The molecule has 1 amide bonds. The Bertz CT molecular complexity index is 615. The highest BCUT2D eigenvalue weighted by atomic mass is 32.1. The summed E-state index contributed by atoms with van der Waals surface area (Å²) in [4.78, 5) is 15.6. The second-order valence-electron chi connectivity index (χ2n) is 4.85. The Balaban J connectivity index is 2.53. The molecule has 3 nitrogen and oxygen atoms in total. The molecule has 1 aromatic heterocycles. The first-order chi connectivity index (χ1) is 10.1. The molecule has 2 N–H and O–H groups in total. The first-order valence-corrected chi connectivity index (χ1v) is 8.21. The minimum atomic E-state index is 0.0489. The second kappa shape index (κ2) is 6.76. The summed E-state index contributed by atoms with van der Waals surface area (Å²) in [6.07, 6.45) is 0.806. The smallest absolute Gasteiger partial charge is 0.257 e. The SMILES string of the molecule is CCc1c(-c2ccccc2)sc(N)c1C(=O)N(CC)CC. The summed E-state index contributed by atoms with van der Waals surface area (Å²) in [6, 6.07) is 10.1. The molecule has 0 spiro atoms. The summed E-state index contributed by atoms with van der Waals surface area (Å²) >= 11 is 1.52. The third kappa shape index (κ3) is 2.95. The molecule has 0 saturated heterocycles. The quantitative estimate of drug-likeness (QED) is 0.906. The van der Waals surface area contributed by atoms with Gasteiger partial charge in [0.25, 0.3) is 5.91 Å². The number of carbonyl (C=O) groups excluding carboxylic acids is 1. The number of carbonyl (C=O) groups is 1. The molecular weight excluding hydrogens is 280 g/mol. The average molecular weight is 302 g/mol. The minimum absolute atomic E-state index is 0.0489. The Morgan fingerprint density at radius 3 is 2.29 bits per heavy atom. The van der Waals surface area contributed by atoms with E-state index in [1.54, 1.807) is 0 Å². The summed E-state index contributed by atoms with van der Waals surface area (Å²) in [5, 5.41) is 0.627. The van der Waals surface area contributed by atoms with E-state index < -0.39 is 0 Å². The van der Waals surface area contributed by atoms with E-state index in [0.717, 1.165) is 22.4 Å². The highest BCUT2D eigenvalue weighted by molar-refractivity contribution is 7.19. The highest BCUT2D eigenvalue weighted by Gasteiger charge is 2.24. The van der Waals surface area contributed by atoms with Crippen molar-refractivity contribution in [2.45, 2.75) is 27.2 Å². The van der Waals surface area contributed by atoms with Crippen molar-refractivity contribution in [1.82, 2.24) is 4.90 Å². The topological polar surface area (TPSA) is 46.3 Å². The van der Waals surface area contributed by atoms with Gasteiger partial charge >= 0.3 is 0 Å². The summed E-state index contributed by atoms with van der Waals surface area (Å²) < 4.78 is 0. The fourth-order valence-corrected chi connectivity index (χ4v) is 3.70. The van der Waals surface area contributed by atoms with Crippen LogP contribution in [0.25, 0.3) is 10.4 Å². The van der Waals surface area contributed by atoms with E-state index in [1.807, 2.05) is 36.9 Å². The fourth-order valence-electron chi connectivity index (χ4n) is 2.55. The van der Waals surface area contributed by atoms with Crippen molar-refractivity contribution in [1.29, 1.82) is 0 Å². The van der Waals surface area contributed by atoms with Gasteiger partial charge in [-0.25, -0.2) is 0 Å². The van der Waals surface area contributed by atoms with Crippen LogP contribution in [0.3, 0.4) is 0 Å². The average Bonchev–Trinajstić information content (AvgIpc) is 2.85. The molecule has 0 fully saturated rings. The van der Waals surface area contributed by atoms with E-state index in [1.165, 1.54) is 11.3 Å². The molecule has 2 aromatic rings. The number of nitrogen functional groups attached to an aromatic ring is 1. The van der Waals surface area contributed by atoms with Gasteiger partial charge in [-0.3, -0.25) is 4.79 Å². The molecule has 0 aliphatic rings. The first kappa shape index (κ1) is 15.6. The minimum Gasteiger partial charge on any atom is -0.390 e. The van der Waals surface area contributed by atoms with E-state index in [9.17, 15) is 4.79 Å². The van der Waals surface area contributed by atoms with Crippen molar-refractivity contribution in [2.24, 2.45) is 0 Å². The van der Waals surface area contributed by atoms with E-state index in [4.69, 9.17) is 5.73 Å². The van der Waals surface area contributed by atoms with Gasteiger partial charge in [0, 0.05) is 18.0 Å². The van der Waals surface area contributed by atoms with E-state index >= 15 is 0 Å². The lowest BCUT2D eigenvalue weighted by Gasteiger charge is -2.19. The normalized spacial score (nSPS) is 10.6. The maximum Gasteiger partial charge on any atom is 0.257 e. The lowest BCUT2D eigenvalue weighted by molar-refractivity contribution is 0.0773. The Kier molecular flexibility index (Phi) is 5.02. The van der Waals surface area contributed by atoms with Crippen LogP contribution in [0.15, 0.2) is 30.3 Å². The number of nitrogens with zero attached hydrogens (tertiary/aromatic N) is 1. The van der Waals surface area contributed by atoms with Gasteiger partial charge in [-0.1, -0.05) is 37.3 Å². The van der Waals surface area contributed by atoms with Crippen LogP contribution >= 0.6 is 11.3 Å². The van der Waals surface area contributed by atoms with Crippen LogP contribution in [0, 0.1) is 0 Å². The van der Waals surface area contributed by atoms with Crippen LogP contribution in [0.4, 0.5) is 5.00 Å². The zero-order valence-corrected chi connectivity index (χ0v) is 13.7. The predicted octanol–water partition coefficient (Wildman–Crippen LogP) is 4.04. The molecule has 1 aromatic carbocycles. The van der Waals surface area contributed by atoms with Crippen molar-refractivity contribution >= 4 is 22.2 Å². The number of anilines is 1. The molecule has 112 valence electrons. The van der Waals surface area contributed by atoms with Gasteiger partial charge in [-0.15, -0.1) is 11.3 Å². The zero-order valence-electron chi connectivity index (χ0n) is 12.8. The largest absolute Gasteiger partial charge is 0.390 e. The molecule has 4 heteroatoms. The number of amides is 1. The van der Waals surface area contributed by atoms with Crippen molar-refractivity contribution in [3.05, 3.63) is 41.5 Å². The number of rotatable bonds is 5. The molecule has 0 unspecified atom stereocenters. The Hall–Kier alpha value is -1.81. The van der Waals surface area contributed by atoms with Crippen molar-refractivity contribution < 1.29 is 4.79 Å². The molecule has 0 atom stereocenters. The second-order valence-corrected chi connectivity index (χ2v) is 5.90. The predicted molar refractivity (Wildman–Crippen MR) is 90.8 cm³/mol. The van der Waals surface area contributed by atoms with Crippen LogP contribution in [0.5, 0.6) is 0 Å². The summed E-state index contributed by atoms with van der Waals surface area (Å²) in [5.74, 6) is 0.0489. The van der Waals surface area contributed by atoms with Gasteiger partial charge in [-0.05, 0) is 31.4 Å². The first-order valence-electron chi connectivity index (χ1n) is 7.39. The molecule has 0 aliphatic carbocycles. The Morgan fingerprint density at radius 2 is 1.76 bits per heavy atom. The van der Waals surface area contributed by atoms with Crippen LogP contribution in [0.2, 0.25) is 0 Å². The van der Waals surface area contributed by atoms with Crippen LogP contribution in [-0.4, -0.2) is 23.9 Å². The Morgan fingerprint density at radius 1 is 1.14 bits per heavy atom. The molecule has 21 heavy (non-hydrogen) atoms. The van der Waals surface area contributed by atoms with E-state index in [-0.39, 0.29) is 5.91 Å². The molecule has 0 aliphatic heterocycles. The molecule has 1 heterocycles. The highest BCUT2D eigenvalue weighted by Crippen LogP contribution is 2.39. The van der Waals surface area contributed by atoms with Crippen molar-refractivity contribution in [3.63, 3.8) is 0 Å². The third-order valence-corrected chi connectivity index (χ3v) is 4.80. The van der Waals surface area contributed by atoms with Gasteiger partial charge in [0.1, 0.15) is 0 Å². The number of thiophene rings is 1. The zero-order chi connectivity index (χ0) is 15.4. The van der Waals surface area contributed by atoms with Crippen LogP contribution in [-0.2, 0) is 6.42 Å². The maximum atomic E-state index is 12.7. The fraction of sp³-hybridized carbons (Fsp3) is 0.353. The number of benzene rings is 1. The summed E-state index contributed by atoms with van der Waals surface area (Å²) in [6.45, 7) is 7.47. The Labute approximate surface area is 130 Å². The van der Waals surface area contributed by atoms with Crippen LogP contribution in [0.1, 0.15) is 36.7 Å². The van der Waals surface area contributed by atoms with E-state index in [0.29, 0.717) is 23.7 Å². The summed E-state index contributed by atoms with van der Waals surface area (Å²) in [5.41, 5.74) is 9.07. The molecule has 0 saturated carbocycles. The number of hydrogen-bond acceptors (Lipinski definition) is 3. The van der Waals surface area contributed by atoms with Crippen molar-refractivity contribution in [3.8, 4) is 10.4 Å². The molecule has 2 rings (SSSR count). The lowest BCUT2D eigenvalue weighted by atomic mass is 10.0. The van der Waals surface area contributed by atoms with Gasteiger partial charge in [0.2, 0.25) is 0 Å². The summed E-state index contributed by atoms with van der Waals surface area (Å²) in [7, 11) is 0. The van der Waals surface area contributed by atoms with Gasteiger partial charge < -0.3 is 10.6 Å².